The van der Waals surface area contributed by atoms with Crippen molar-refractivity contribution < 1.29 is 24.1 Å². The normalized spacial score (nSPS) is 20.4. The minimum Gasteiger partial charge on any atom is -0.496 e. The van der Waals surface area contributed by atoms with Crippen LogP contribution in [0.25, 0.3) is 0 Å². The largest absolute Gasteiger partial charge is 0.496 e. The topological polar surface area (TPSA) is 89.9 Å². The zero-order valence-electron chi connectivity index (χ0n) is 23.1. The first kappa shape index (κ1) is 28.8. The fourth-order valence-electron chi connectivity index (χ4n) is 4.79. The molecule has 0 radical (unpaired) electrons. The molecule has 1 amide bonds. The zero-order valence-corrected chi connectivity index (χ0v) is 23.9. The summed E-state index contributed by atoms with van der Waals surface area (Å²) in [5.41, 5.74) is 4.31. The molecule has 1 aromatic heterocycles. The third kappa shape index (κ3) is 7.15. The number of aliphatic hydroxyl groups is 1. The summed E-state index contributed by atoms with van der Waals surface area (Å²) in [4.78, 5) is 17.5. The predicted molar refractivity (Wildman–Crippen MR) is 159 cm³/mol. The van der Waals surface area contributed by atoms with Gasteiger partial charge < -0.3 is 24.6 Å². The minimum atomic E-state index is -0.559. The second kappa shape index (κ2) is 13.8. The van der Waals surface area contributed by atoms with Crippen LogP contribution in [0.2, 0.25) is 0 Å². The van der Waals surface area contributed by atoms with Crippen LogP contribution in [-0.4, -0.2) is 35.0 Å². The summed E-state index contributed by atoms with van der Waals surface area (Å²) in [6.45, 7) is 2.55. The number of rotatable bonds is 10. The van der Waals surface area contributed by atoms with E-state index in [0.29, 0.717) is 12.1 Å². The highest BCUT2D eigenvalue weighted by Crippen LogP contribution is 2.43. The molecular weight excluding hydrogens is 536 g/mol. The number of thioether (sulfide) groups is 1. The number of nitrogens with one attached hydrogen (secondary N) is 1. The summed E-state index contributed by atoms with van der Waals surface area (Å²) in [5.74, 6) is 1.48. The molecule has 1 fully saturated rings. The average Bonchev–Trinajstić information content (AvgIpc) is 3.04. The summed E-state index contributed by atoms with van der Waals surface area (Å²) in [5, 5.41) is 12.4. The number of hydrogen-bond donors (Lipinski definition) is 2. The molecule has 4 aromatic rings. The summed E-state index contributed by atoms with van der Waals surface area (Å²) in [6.07, 6.45) is 2.35. The first-order valence-electron chi connectivity index (χ1n) is 13.6. The van der Waals surface area contributed by atoms with Gasteiger partial charge in [0.1, 0.15) is 5.75 Å². The Kier molecular flexibility index (Phi) is 9.69. The monoisotopic (exact) mass is 570 g/mol. The SMILES string of the molecule is COc1ccccc1SCC1OC(c2ccc(CNC(=O)c3cccnc3)cc2)OC(c2ccc(CO)cc2)C1C. The third-order valence-corrected chi connectivity index (χ3v) is 8.37. The van der Waals surface area contributed by atoms with Gasteiger partial charge in [-0.1, -0.05) is 67.6 Å². The number of pyridine rings is 1. The van der Waals surface area contributed by atoms with E-state index in [1.807, 2.05) is 66.7 Å². The Morgan fingerprint density at radius 3 is 2.39 bits per heavy atom. The Balaban J connectivity index is 1.32. The van der Waals surface area contributed by atoms with E-state index in [1.165, 1.54) is 0 Å². The molecule has 0 bridgehead atoms. The van der Waals surface area contributed by atoms with Crippen molar-refractivity contribution in [1.82, 2.24) is 10.3 Å². The average molecular weight is 571 g/mol. The number of benzene rings is 3. The van der Waals surface area contributed by atoms with E-state index in [4.69, 9.17) is 14.2 Å². The second-order valence-corrected chi connectivity index (χ2v) is 11.0. The number of carbonyl (C=O) groups excluding carboxylic acids is 1. The van der Waals surface area contributed by atoms with Crippen molar-refractivity contribution in [2.45, 2.75) is 43.5 Å². The van der Waals surface area contributed by atoms with Crippen molar-refractivity contribution in [1.29, 1.82) is 0 Å². The third-order valence-electron chi connectivity index (χ3n) is 7.22. The summed E-state index contributed by atoms with van der Waals surface area (Å²) < 4.78 is 18.7. The predicted octanol–water partition coefficient (Wildman–Crippen LogP) is 6.10. The lowest BCUT2D eigenvalue weighted by Crippen LogP contribution is -2.38. The molecule has 0 aliphatic carbocycles. The number of para-hydroxylation sites is 1. The first-order valence-corrected chi connectivity index (χ1v) is 14.6. The molecule has 0 spiro atoms. The Morgan fingerprint density at radius 1 is 0.951 bits per heavy atom. The molecule has 2 heterocycles. The van der Waals surface area contributed by atoms with E-state index in [9.17, 15) is 9.90 Å². The first-order chi connectivity index (χ1) is 20.1. The van der Waals surface area contributed by atoms with Gasteiger partial charge in [-0.3, -0.25) is 9.78 Å². The van der Waals surface area contributed by atoms with Crippen LogP contribution in [0.4, 0.5) is 0 Å². The van der Waals surface area contributed by atoms with Crippen LogP contribution in [0.15, 0.2) is 102 Å². The van der Waals surface area contributed by atoms with Gasteiger partial charge in [0, 0.05) is 41.1 Å². The lowest BCUT2D eigenvalue weighted by atomic mass is 9.91. The van der Waals surface area contributed by atoms with Crippen LogP contribution in [0.3, 0.4) is 0 Å². The summed E-state index contributed by atoms with van der Waals surface area (Å²) >= 11 is 1.71. The summed E-state index contributed by atoms with van der Waals surface area (Å²) in [6, 6.07) is 27.3. The highest BCUT2D eigenvalue weighted by molar-refractivity contribution is 7.99. The standard InChI is InChI=1S/C33H34N2O5S/c1-22-29(21-41-30-8-4-3-7-28(30)38-2)39-33(40-31(22)25-13-11-24(20-36)12-14-25)26-15-9-23(10-16-26)18-35-32(37)27-6-5-17-34-19-27/h3-17,19,22,29,31,33,36H,18,20-21H2,1-2H3,(H,35,37). The molecule has 1 saturated heterocycles. The highest BCUT2D eigenvalue weighted by atomic mass is 32.2. The van der Waals surface area contributed by atoms with Crippen molar-refractivity contribution >= 4 is 17.7 Å². The molecule has 3 aromatic carbocycles. The number of carbonyl (C=O) groups is 1. The molecule has 1 aliphatic rings. The fourth-order valence-corrected chi connectivity index (χ4v) is 5.99. The second-order valence-electron chi connectivity index (χ2n) is 9.95. The van der Waals surface area contributed by atoms with Gasteiger partial charge in [-0.25, -0.2) is 0 Å². The number of nitrogens with zero attached hydrogens (tertiary/aromatic N) is 1. The number of aliphatic hydroxyl groups excluding tert-OH is 1. The number of ether oxygens (including phenoxy) is 3. The van der Waals surface area contributed by atoms with Gasteiger partial charge in [-0.2, -0.15) is 0 Å². The number of hydrogen-bond acceptors (Lipinski definition) is 7. The molecule has 8 heteroatoms. The Bertz CT molecular complexity index is 1420. The molecule has 1 aliphatic heterocycles. The molecule has 5 rings (SSSR count). The van der Waals surface area contributed by atoms with E-state index in [-0.39, 0.29) is 30.6 Å². The van der Waals surface area contributed by atoms with E-state index >= 15 is 0 Å². The minimum absolute atomic E-state index is 0.000305. The van der Waals surface area contributed by atoms with Gasteiger partial charge in [-0.05, 0) is 41.0 Å². The molecule has 4 atom stereocenters. The molecule has 7 nitrogen and oxygen atoms in total. The van der Waals surface area contributed by atoms with Crippen LogP contribution >= 0.6 is 11.8 Å². The quantitative estimate of drug-likeness (QED) is 0.223. The van der Waals surface area contributed by atoms with E-state index in [2.05, 4.69) is 23.3 Å². The van der Waals surface area contributed by atoms with Gasteiger partial charge in [0.05, 0.1) is 31.5 Å². The maximum atomic E-state index is 12.4. The van der Waals surface area contributed by atoms with Crippen molar-refractivity contribution in [3.8, 4) is 5.75 Å². The van der Waals surface area contributed by atoms with Gasteiger partial charge >= 0.3 is 0 Å². The van der Waals surface area contributed by atoms with Crippen LogP contribution in [0.5, 0.6) is 5.75 Å². The maximum Gasteiger partial charge on any atom is 0.253 e. The van der Waals surface area contributed by atoms with Crippen LogP contribution < -0.4 is 10.1 Å². The molecule has 0 saturated carbocycles. The van der Waals surface area contributed by atoms with Crippen molar-refractivity contribution in [2.75, 3.05) is 12.9 Å². The number of amides is 1. The summed E-state index contributed by atoms with van der Waals surface area (Å²) in [7, 11) is 1.68. The van der Waals surface area contributed by atoms with E-state index in [1.54, 1.807) is 43.4 Å². The van der Waals surface area contributed by atoms with Gasteiger partial charge in [0.25, 0.3) is 5.91 Å². The molecule has 41 heavy (non-hydrogen) atoms. The van der Waals surface area contributed by atoms with Crippen molar-refractivity contribution in [3.63, 3.8) is 0 Å². The lowest BCUT2D eigenvalue weighted by molar-refractivity contribution is -0.268. The van der Waals surface area contributed by atoms with Crippen LogP contribution in [0.1, 0.15) is 51.9 Å². The van der Waals surface area contributed by atoms with Crippen molar-refractivity contribution in [3.05, 3.63) is 125 Å². The van der Waals surface area contributed by atoms with E-state index in [0.717, 1.165) is 38.7 Å². The number of methoxy groups -OCH3 is 1. The van der Waals surface area contributed by atoms with Crippen LogP contribution in [-0.2, 0) is 22.6 Å². The van der Waals surface area contributed by atoms with Gasteiger partial charge in [0.15, 0.2) is 6.29 Å². The molecular formula is C33H34N2O5S. The zero-order chi connectivity index (χ0) is 28.6. The molecule has 4 unspecified atom stereocenters. The van der Waals surface area contributed by atoms with Crippen LogP contribution in [0, 0.1) is 5.92 Å². The van der Waals surface area contributed by atoms with Crippen molar-refractivity contribution in [2.24, 2.45) is 5.92 Å². The van der Waals surface area contributed by atoms with Gasteiger partial charge in [-0.15, -0.1) is 11.8 Å². The van der Waals surface area contributed by atoms with Gasteiger partial charge in [0.2, 0.25) is 0 Å². The molecule has 2 N–H and O–H groups in total. The Labute approximate surface area is 244 Å². The number of aromatic nitrogens is 1. The lowest BCUT2D eigenvalue weighted by Gasteiger charge is -2.41. The molecule has 212 valence electrons. The smallest absolute Gasteiger partial charge is 0.253 e. The fraction of sp³-hybridized carbons (Fsp3) is 0.273. The highest BCUT2D eigenvalue weighted by Gasteiger charge is 2.38. The van der Waals surface area contributed by atoms with E-state index < -0.39 is 6.29 Å². The maximum absolute atomic E-state index is 12.4. The Morgan fingerprint density at radius 2 is 1.68 bits per heavy atom. The Hall–Kier alpha value is -3.69.